The van der Waals surface area contributed by atoms with Gasteiger partial charge in [-0.25, -0.2) is 9.97 Å². The van der Waals surface area contributed by atoms with Gasteiger partial charge in [-0.1, -0.05) is 0 Å². The van der Waals surface area contributed by atoms with Crippen molar-refractivity contribution in [1.29, 1.82) is 0 Å². The topological polar surface area (TPSA) is 94.8 Å². The molecule has 8 nitrogen and oxygen atoms in total. The molecule has 2 fully saturated rings. The van der Waals surface area contributed by atoms with E-state index in [0.29, 0.717) is 11.5 Å². The van der Waals surface area contributed by atoms with Gasteiger partial charge in [-0.05, 0) is 92.7 Å². The van der Waals surface area contributed by atoms with Gasteiger partial charge in [-0.3, -0.25) is 9.20 Å². The number of nitrogens with zero attached hydrogens (tertiary/aromatic N) is 4. The van der Waals surface area contributed by atoms with Crippen LogP contribution in [0.3, 0.4) is 0 Å². The molecule has 8 heteroatoms. The van der Waals surface area contributed by atoms with E-state index in [4.69, 9.17) is 0 Å². The molecule has 184 valence electrons. The molecule has 1 amide bonds. The van der Waals surface area contributed by atoms with Crippen molar-refractivity contribution in [2.45, 2.75) is 19.8 Å². The summed E-state index contributed by atoms with van der Waals surface area (Å²) in [4.78, 5) is 24.3. The molecule has 4 aromatic rings. The van der Waals surface area contributed by atoms with Gasteiger partial charge in [0.2, 0.25) is 0 Å². The number of likely N-dealkylation sites (tertiary alicyclic amines) is 1. The molecule has 6 rings (SSSR count). The highest BCUT2D eigenvalue weighted by Crippen LogP contribution is 2.30. The molecule has 0 radical (unpaired) electrons. The summed E-state index contributed by atoms with van der Waals surface area (Å²) >= 11 is 0. The largest absolute Gasteiger partial charge is 0.508 e. The predicted molar refractivity (Wildman–Crippen MR) is 140 cm³/mol. The maximum Gasteiger partial charge on any atom is 0.254 e. The van der Waals surface area contributed by atoms with E-state index in [-0.39, 0.29) is 11.7 Å². The number of anilines is 2. The van der Waals surface area contributed by atoms with Gasteiger partial charge in [0, 0.05) is 42.3 Å². The number of imidazole rings is 1. The molecule has 0 saturated carbocycles. The van der Waals surface area contributed by atoms with E-state index in [1.54, 1.807) is 24.5 Å². The first-order valence-corrected chi connectivity index (χ1v) is 12.6. The SMILES string of the molecule is Cc1cc(Nc2nccn3c(-c4ccc(O)cc4)cnc23)ccc1C(=O)N1CCC(C2CNC2)CC1. The van der Waals surface area contributed by atoms with Crippen molar-refractivity contribution in [2.24, 2.45) is 11.8 Å². The molecule has 2 aromatic carbocycles. The second-order valence-electron chi connectivity index (χ2n) is 9.86. The number of piperidine rings is 1. The number of phenolic OH excluding ortho intramolecular Hbond substituents is 1. The van der Waals surface area contributed by atoms with Gasteiger partial charge in [0.1, 0.15) is 5.75 Å². The number of carbonyl (C=O) groups is 1. The summed E-state index contributed by atoms with van der Waals surface area (Å²) in [6, 6.07) is 12.9. The molecule has 2 aromatic heterocycles. The zero-order valence-corrected chi connectivity index (χ0v) is 20.3. The zero-order chi connectivity index (χ0) is 24.6. The van der Waals surface area contributed by atoms with Crippen LogP contribution >= 0.6 is 0 Å². The predicted octanol–water partition coefficient (Wildman–Crippen LogP) is 4.23. The molecular formula is C28H30N6O2. The lowest BCUT2D eigenvalue weighted by Crippen LogP contribution is -2.50. The van der Waals surface area contributed by atoms with Crippen LogP contribution in [0.15, 0.2) is 61.1 Å². The summed E-state index contributed by atoms with van der Waals surface area (Å²) in [6.45, 7) is 5.93. The van der Waals surface area contributed by atoms with Crippen LogP contribution in [0.4, 0.5) is 11.5 Å². The Morgan fingerprint density at radius 2 is 1.83 bits per heavy atom. The van der Waals surface area contributed by atoms with Gasteiger partial charge in [0.15, 0.2) is 11.5 Å². The molecule has 0 aliphatic carbocycles. The highest BCUT2D eigenvalue weighted by Gasteiger charge is 2.32. The van der Waals surface area contributed by atoms with E-state index in [2.05, 4.69) is 20.6 Å². The standard InChI is InChI=1S/C28H30N6O2/c1-18-14-22(4-7-24(18)28(36)33-11-8-19(9-12-33)21-15-29-16-21)32-26-27-31-17-25(34(27)13-10-30-26)20-2-5-23(35)6-3-20/h2-7,10,13-14,17,19,21,29,35H,8-9,11-12,15-16H2,1H3,(H,30,32). The summed E-state index contributed by atoms with van der Waals surface area (Å²) in [6.07, 6.45) is 7.60. The van der Waals surface area contributed by atoms with Gasteiger partial charge in [-0.2, -0.15) is 0 Å². The fourth-order valence-corrected chi connectivity index (χ4v) is 5.36. The number of rotatable bonds is 5. The number of hydrogen-bond donors (Lipinski definition) is 3. The Balaban J connectivity index is 1.18. The summed E-state index contributed by atoms with van der Waals surface area (Å²) < 4.78 is 1.97. The van der Waals surface area contributed by atoms with Crippen LogP contribution in [0.1, 0.15) is 28.8 Å². The van der Waals surface area contributed by atoms with Crippen molar-refractivity contribution >= 4 is 23.1 Å². The Bertz CT molecular complexity index is 1400. The second-order valence-corrected chi connectivity index (χ2v) is 9.86. The first-order valence-electron chi connectivity index (χ1n) is 12.6. The van der Waals surface area contributed by atoms with E-state index in [0.717, 1.165) is 78.9 Å². The number of aryl methyl sites for hydroxylation is 1. The summed E-state index contributed by atoms with van der Waals surface area (Å²) in [7, 11) is 0. The number of carbonyl (C=O) groups excluding carboxylic acids is 1. The van der Waals surface area contributed by atoms with Gasteiger partial charge >= 0.3 is 0 Å². The molecule has 0 spiro atoms. The molecule has 3 N–H and O–H groups in total. The lowest BCUT2D eigenvalue weighted by atomic mass is 9.81. The minimum Gasteiger partial charge on any atom is -0.508 e. The van der Waals surface area contributed by atoms with Gasteiger partial charge in [0.05, 0.1) is 11.9 Å². The third-order valence-corrected chi connectivity index (χ3v) is 7.62. The molecule has 2 saturated heterocycles. The Kier molecular flexibility index (Phi) is 5.81. The van der Waals surface area contributed by atoms with Crippen molar-refractivity contribution in [1.82, 2.24) is 24.6 Å². The minimum atomic E-state index is 0.122. The van der Waals surface area contributed by atoms with Crippen LogP contribution < -0.4 is 10.6 Å². The van der Waals surface area contributed by atoms with Crippen molar-refractivity contribution < 1.29 is 9.90 Å². The number of nitrogens with one attached hydrogen (secondary N) is 2. The molecule has 4 heterocycles. The number of amides is 1. The molecule has 36 heavy (non-hydrogen) atoms. The fourth-order valence-electron chi connectivity index (χ4n) is 5.36. The van der Waals surface area contributed by atoms with Crippen molar-refractivity contribution in [3.63, 3.8) is 0 Å². The number of aromatic nitrogens is 3. The molecule has 0 unspecified atom stereocenters. The number of benzene rings is 2. The third kappa shape index (κ3) is 4.18. The van der Waals surface area contributed by atoms with E-state index in [1.807, 2.05) is 52.8 Å². The van der Waals surface area contributed by atoms with Gasteiger partial charge in [0.25, 0.3) is 5.91 Å². The highest BCUT2D eigenvalue weighted by molar-refractivity contribution is 5.96. The molecule has 2 aliphatic rings. The van der Waals surface area contributed by atoms with Crippen LogP contribution in [-0.2, 0) is 0 Å². The van der Waals surface area contributed by atoms with E-state index in [9.17, 15) is 9.90 Å². The maximum atomic E-state index is 13.2. The smallest absolute Gasteiger partial charge is 0.254 e. The monoisotopic (exact) mass is 482 g/mol. The first-order chi connectivity index (χ1) is 17.6. The van der Waals surface area contributed by atoms with Crippen LogP contribution in [0.2, 0.25) is 0 Å². The number of hydrogen-bond acceptors (Lipinski definition) is 6. The minimum absolute atomic E-state index is 0.122. The lowest BCUT2D eigenvalue weighted by Gasteiger charge is -2.40. The normalized spacial score (nSPS) is 16.8. The average molecular weight is 483 g/mol. The molecule has 0 atom stereocenters. The van der Waals surface area contributed by atoms with Crippen LogP contribution in [0, 0.1) is 18.8 Å². The maximum absolute atomic E-state index is 13.2. The summed E-state index contributed by atoms with van der Waals surface area (Å²) in [5, 5.41) is 16.3. The van der Waals surface area contributed by atoms with Crippen LogP contribution in [0.25, 0.3) is 16.9 Å². The first kappa shape index (κ1) is 22.5. The van der Waals surface area contributed by atoms with Crippen LogP contribution in [-0.4, -0.2) is 56.5 Å². The van der Waals surface area contributed by atoms with Gasteiger partial charge < -0.3 is 20.6 Å². The lowest BCUT2D eigenvalue weighted by molar-refractivity contribution is 0.0629. The number of aromatic hydroxyl groups is 1. The molecular weight excluding hydrogens is 452 g/mol. The van der Waals surface area contributed by atoms with Gasteiger partial charge in [-0.15, -0.1) is 0 Å². The summed E-state index contributed by atoms with van der Waals surface area (Å²) in [5.41, 5.74) is 5.11. The van der Waals surface area contributed by atoms with Crippen molar-refractivity contribution in [2.75, 3.05) is 31.5 Å². The Hall–Kier alpha value is -3.91. The Morgan fingerprint density at radius 3 is 2.53 bits per heavy atom. The van der Waals surface area contributed by atoms with E-state index >= 15 is 0 Å². The van der Waals surface area contributed by atoms with Crippen LogP contribution in [0.5, 0.6) is 5.75 Å². The molecule has 2 aliphatic heterocycles. The number of fused-ring (bicyclic) bond motifs is 1. The Labute approximate surface area is 210 Å². The average Bonchev–Trinajstić information content (AvgIpc) is 3.29. The number of phenols is 1. The Morgan fingerprint density at radius 1 is 1.06 bits per heavy atom. The summed E-state index contributed by atoms with van der Waals surface area (Å²) in [5.74, 6) is 2.52. The highest BCUT2D eigenvalue weighted by atomic mass is 16.3. The van der Waals surface area contributed by atoms with Crippen molar-refractivity contribution in [3.8, 4) is 17.0 Å². The van der Waals surface area contributed by atoms with E-state index in [1.165, 1.54) is 0 Å². The second kappa shape index (κ2) is 9.28. The third-order valence-electron chi connectivity index (χ3n) is 7.62. The quantitative estimate of drug-likeness (QED) is 0.394. The molecule has 0 bridgehead atoms. The zero-order valence-electron chi connectivity index (χ0n) is 20.3. The fraction of sp³-hybridized carbons (Fsp3) is 0.321. The van der Waals surface area contributed by atoms with E-state index < -0.39 is 0 Å². The van der Waals surface area contributed by atoms with Crippen molar-refractivity contribution in [3.05, 3.63) is 72.2 Å².